The fraction of sp³-hybridized carbons (Fsp3) is 0.182. The number of pyridine rings is 1. The highest BCUT2D eigenvalue weighted by molar-refractivity contribution is 9.10. The molecule has 4 aromatic rings. The Bertz CT molecular complexity index is 1220. The summed E-state index contributed by atoms with van der Waals surface area (Å²) in [6, 6.07) is 16.2. The summed E-state index contributed by atoms with van der Waals surface area (Å²) in [6.45, 7) is 4.19. The lowest BCUT2D eigenvalue weighted by atomic mass is 9.96. The minimum Gasteiger partial charge on any atom is -0.351 e. The van der Waals surface area contributed by atoms with E-state index in [-0.39, 0.29) is 12.1 Å². The predicted molar refractivity (Wildman–Crippen MR) is 127 cm³/mol. The molecule has 0 saturated carbocycles. The number of aryl methyl sites for hydroxylation is 1. The van der Waals surface area contributed by atoms with E-state index >= 15 is 0 Å². The third kappa shape index (κ3) is 3.43. The van der Waals surface area contributed by atoms with Gasteiger partial charge in [0, 0.05) is 33.3 Å². The van der Waals surface area contributed by atoms with E-state index in [1.165, 1.54) is 0 Å². The molecule has 156 valence electrons. The fourth-order valence-electron chi connectivity index (χ4n) is 4.28. The van der Waals surface area contributed by atoms with Gasteiger partial charge < -0.3 is 10.2 Å². The standard InChI is InChI=1S/C22H20BrN7S/c1-14-11-18(15(2)30(14)28-12-25-26-13-28)21-20(19-5-3-4-10-24-19)27-22(31)29(21)17-8-6-16(23)7-9-17/h3-13,20-21H,1-2H3,(H,27,31)/t20-,21+/m0/s1. The van der Waals surface area contributed by atoms with Crippen molar-refractivity contribution >= 4 is 38.9 Å². The highest BCUT2D eigenvalue weighted by atomic mass is 79.9. The number of rotatable bonds is 4. The van der Waals surface area contributed by atoms with Crippen molar-refractivity contribution in [1.29, 1.82) is 0 Å². The van der Waals surface area contributed by atoms with Gasteiger partial charge in [-0.3, -0.25) is 9.66 Å². The molecule has 1 aliphatic heterocycles. The first-order valence-electron chi connectivity index (χ1n) is 9.85. The van der Waals surface area contributed by atoms with Crippen LogP contribution in [-0.2, 0) is 0 Å². The van der Waals surface area contributed by atoms with Gasteiger partial charge in [0.05, 0.1) is 17.8 Å². The third-order valence-corrected chi connectivity index (χ3v) is 6.44. The Morgan fingerprint density at radius 3 is 2.45 bits per heavy atom. The zero-order valence-electron chi connectivity index (χ0n) is 17.0. The lowest BCUT2D eigenvalue weighted by Crippen LogP contribution is -2.29. The fourth-order valence-corrected chi connectivity index (χ4v) is 4.89. The van der Waals surface area contributed by atoms with Crippen molar-refractivity contribution in [2.75, 3.05) is 4.90 Å². The molecule has 1 saturated heterocycles. The van der Waals surface area contributed by atoms with Crippen molar-refractivity contribution in [2.45, 2.75) is 25.9 Å². The number of hydrogen-bond acceptors (Lipinski definition) is 4. The Kier molecular flexibility index (Phi) is 5.07. The van der Waals surface area contributed by atoms with Crippen molar-refractivity contribution in [3.05, 3.63) is 94.5 Å². The molecule has 3 aromatic heterocycles. The number of halogens is 1. The first-order chi connectivity index (χ1) is 15.0. The van der Waals surface area contributed by atoms with Gasteiger partial charge in [-0.15, -0.1) is 10.2 Å². The van der Waals surface area contributed by atoms with Crippen LogP contribution in [-0.4, -0.2) is 29.6 Å². The van der Waals surface area contributed by atoms with Crippen molar-refractivity contribution in [3.8, 4) is 0 Å². The quantitative estimate of drug-likeness (QED) is 0.426. The maximum Gasteiger partial charge on any atom is 0.174 e. The van der Waals surface area contributed by atoms with Crippen LogP contribution in [0.5, 0.6) is 0 Å². The summed E-state index contributed by atoms with van der Waals surface area (Å²) in [6.07, 6.45) is 5.22. The second-order valence-electron chi connectivity index (χ2n) is 7.45. The highest BCUT2D eigenvalue weighted by Gasteiger charge is 2.42. The monoisotopic (exact) mass is 493 g/mol. The second kappa shape index (κ2) is 7.90. The minimum absolute atomic E-state index is 0.0694. The number of hydrogen-bond donors (Lipinski definition) is 1. The molecule has 0 unspecified atom stereocenters. The average Bonchev–Trinajstić information content (AvgIpc) is 3.47. The van der Waals surface area contributed by atoms with Crippen molar-refractivity contribution < 1.29 is 0 Å². The van der Waals surface area contributed by atoms with Crippen LogP contribution >= 0.6 is 28.1 Å². The first kappa shape index (κ1) is 19.9. The molecule has 1 aliphatic rings. The topological polar surface area (TPSA) is 63.8 Å². The molecule has 0 amide bonds. The summed E-state index contributed by atoms with van der Waals surface area (Å²) < 4.78 is 5.01. The molecule has 0 spiro atoms. The maximum atomic E-state index is 5.82. The van der Waals surface area contributed by atoms with Crippen molar-refractivity contribution in [3.63, 3.8) is 0 Å². The summed E-state index contributed by atoms with van der Waals surface area (Å²) in [5, 5.41) is 12.1. The van der Waals surface area contributed by atoms with Crippen LogP contribution in [0.1, 0.15) is 34.7 Å². The number of nitrogens with zero attached hydrogens (tertiary/aromatic N) is 6. The summed E-state index contributed by atoms with van der Waals surface area (Å²) in [4.78, 5) is 6.81. The van der Waals surface area contributed by atoms with E-state index in [4.69, 9.17) is 12.2 Å². The molecule has 1 aromatic carbocycles. The lowest BCUT2D eigenvalue weighted by Gasteiger charge is -2.28. The van der Waals surface area contributed by atoms with Crippen LogP contribution in [0.2, 0.25) is 0 Å². The van der Waals surface area contributed by atoms with Gasteiger partial charge in [-0.2, -0.15) is 0 Å². The van der Waals surface area contributed by atoms with Gasteiger partial charge in [0.2, 0.25) is 0 Å². The van der Waals surface area contributed by atoms with E-state index in [0.29, 0.717) is 5.11 Å². The smallest absolute Gasteiger partial charge is 0.174 e. The number of benzene rings is 1. The average molecular weight is 494 g/mol. The molecule has 2 atom stereocenters. The molecule has 9 heteroatoms. The van der Waals surface area contributed by atoms with Gasteiger partial charge in [-0.25, -0.2) is 4.68 Å². The molecule has 4 heterocycles. The Morgan fingerprint density at radius 1 is 1.03 bits per heavy atom. The van der Waals surface area contributed by atoms with Gasteiger partial charge in [-0.05, 0) is 68.5 Å². The molecule has 7 nitrogen and oxygen atoms in total. The number of nitrogens with one attached hydrogen (secondary N) is 1. The normalized spacial score (nSPS) is 18.4. The molecule has 0 bridgehead atoms. The van der Waals surface area contributed by atoms with Gasteiger partial charge in [-0.1, -0.05) is 22.0 Å². The Labute approximate surface area is 193 Å². The lowest BCUT2D eigenvalue weighted by molar-refractivity contribution is 0.557. The van der Waals surface area contributed by atoms with Crippen molar-refractivity contribution in [1.82, 2.24) is 29.9 Å². The summed E-state index contributed by atoms with van der Waals surface area (Å²) in [5.41, 5.74) is 5.32. The van der Waals surface area contributed by atoms with E-state index in [0.717, 1.165) is 32.8 Å². The van der Waals surface area contributed by atoms with Crippen LogP contribution in [0.25, 0.3) is 0 Å². The van der Waals surface area contributed by atoms with Crippen LogP contribution < -0.4 is 10.2 Å². The second-order valence-corrected chi connectivity index (χ2v) is 8.76. The molecular formula is C22H20BrN7S. The SMILES string of the molecule is Cc1cc([C@@H]2[C@H](c3ccccn3)NC(=S)N2c2ccc(Br)cc2)c(C)n1-n1cnnc1. The summed E-state index contributed by atoms with van der Waals surface area (Å²) in [7, 11) is 0. The van der Waals surface area contributed by atoms with Gasteiger partial charge in [0.1, 0.15) is 12.7 Å². The van der Waals surface area contributed by atoms with Crippen LogP contribution in [0.4, 0.5) is 5.69 Å². The van der Waals surface area contributed by atoms with E-state index in [1.54, 1.807) is 12.7 Å². The predicted octanol–water partition coefficient (Wildman–Crippen LogP) is 4.34. The van der Waals surface area contributed by atoms with Crippen LogP contribution in [0, 0.1) is 13.8 Å². The molecule has 31 heavy (non-hydrogen) atoms. The largest absolute Gasteiger partial charge is 0.351 e. The highest BCUT2D eigenvalue weighted by Crippen LogP contribution is 2.43. The molecule has 0 aliphatic carbocycles. The minimum atomic E-state index is -0.0905. The van der Waals surface area contributed by atoms with Crippen LogP contribution in [0.3, 0.4) is 0 Å². The number of thiocarbonyl (C=S) groups is 1. The van der Waals surface area contributed by atoms with Gasteiger partial charge in [0.15, 0.2) is 5.11 Å². The third-order valence-electron chi connectivity index (χ3n) is 5.59. The zero-order valence-corrected chi connectivity index (χ0v) is 19.4. The maximum absolute atomic E-state index is 5.82. The first-order valence-corrected chi connectivity index (χ1v) is 11.0. The summed E-state index contributed by atoms with van der Waals surface area (Å²) in [5.74, 6) is 0. The molecule has 1 fully saturated rings. The van der Waals surface area contributed by atoms with E-state index in [9.17, 15) is 0 Å². The Hall–Kier alpha value is -3.04. The number of aromatic nitrogens is 5. The molecule has 1 N–H and O–H groups in total. The number of anilines is 1. The van der Waals surface area contributed by atoms with Gasteiger partial charge in [0.25, 0.3) is 0 Å². The van der Waals surface area contributed by atoms with Crippen LogP contribution in [0.15, 0.2) is 71.9 Å². The van der Waals surface area contributed by atoms with Gasteiger partial charge >= 0.3 is 0 Å². The summed E-state index contributed by atoms with van der Waals surface area (Å²) >= 11 is 9.34. The van der Waals surface area contributed by atoms with Crippen molar-refractivity contribution in [2.24, 2.45) is 0 Å². The Morgan fingerprint density at radius 2 is 1.77 bits per heavy atom. The van der Waals surface area contributed by atoms with E-state index in [2.05, 4.69) is 78.1 Å². The molecule has 5 rings (SSSR count). The van der Waals surface area contributed by atoms with E-state index in [1.807, 2.05) is 41.2 Å². The zero-order chi connectivity index (χ0) is 21.5. The van der Waals surface area contributed by atoms with E-state index < -0.39 is 0 Å². The molecule has 0 radical (unpaired) electrons. The Balaban J connectivity index is 1.68. The molecular weight excluding hydrogens is 474 g/mol.